The maximum atomic E-state index is 14.7. The highest BCUT2D eigenvalue weighted by Crippen LogP contribution is 2.52. The standard InChI is InChI=1S/C23H16Br2F8N4O/c24-13-1-2-15(25)35-18(13)14(7-10-5-11(26)8-12(27)6-10)34-16(38)9-37-20-17(19(36-37)21(28)29)22(30,31)3-4-23(20,32)33/h1-2,5-6,8,14,21H,3-4,7,9H2,(H,34,38). The molecule has 0 bridgehead atoms. The second-order valence-electron chi connectivity index (χ2n) is 8.58. The Morgan fingerprint density at radius 3 is 2.26 bits per heavy atom. The van der Waals surface area contributed by atoms with Crippen LogP contribution in [0.5, 0.6) is 0 Å². The minimum absolute atomic E-state index is 0.101. The van der Waals surface area contributed by atoms with Crippen molar-refractivity contribution in [3.8, 4) is 0 Å². The van der Waals surface area contributed by atoms with Crippen LogP contribution < -0.4 is 5.32 Å². The number of hydrogen-bond acceptors (Lipinski definition) is 3. The van der Waals surface area contributed by atoms with Crippen LogP contribution in [0.2, 0.25) is 0 Å². The van der Waals surface area contributed by atoms with Crippen molar-refractivity contribution in [2.24, 2.45) is 0 Å². The molecule has 2 heterocycles. The topological polar surface area (TPSA) is 59.8 Å². The number of hydrogen-bond donors (Lipinski definition) is 1. The Morgan fingerprint density at radius 1 is 1.00 bits per heavy atom. The molecule has 1 atom stereocenters. The predicted molar refractivity (Wildman–Crippen MR) is 125 cm³/mol. The Labute approximate surface area is 226 Å². The van der Waals surface area contributed by atoms with E-state index in [-0.39, 0.29) is 22.4 Å². The monoisotopic (exact) mass is 674 g/mol. The third-order valence-electron chi connectivity index (χ3n) is 5.81. The highest BCUT2D eigenvalue weighted by Gasteiger charge is 2.55. The first-order chi connectivity index (χ1) is 17.7. The maximum absolute atomic E-state index is 14.7. The zero-order valence-corrected chi connectivity index (χ0v) is 22.1. The number of rotatable bonds is 7. The van der Waals surface area contributed by atoms with Gasteiger partial charge in [0.15, 0.2) is 0 Å². The molecule has 204 valence electrons. The van der Waals surface area contributed by atoms with E-state index in [2.05, 4.69) is 47.3 Å². The number of carbonyl (C=O) groups excluding carboxylic acids is 1. The largest absolute Gasteiger partial charge is 0.346 e. The van der Waals surface area contributed by atoms with E-state index >= 15 is 0 Å². The summed E-state index contributed by atoms with van der Waals surface area (Å²) in [6.07, 6.45) is -6.51. The van der Waals surface area contributed by atoms with E-state index < -0.39 is 78.2 Å². The molecule has 0 saturated carbocycles. The van der Waals surface area contributed by atoms with Gasteiger partial charge in [0, 0.05) is 23.4 Å². The number of pyridine rings is 1. The van der Waals surface area contributed by atoms with Gasteiger partial charge in [0.1, 0.15) is 34.2 Å². The van der Waals surface area contributed by atoms with Crippen molar-refractivity contribution in [1.29, 1.82) is 0 Å². The SMILES string of the molecule is O=C(Cn1nc(C(F)F)c2c1C(F)(F)CCC2(F)F)NC(Cc1cc(F)cc(F)c1)c1nc(Br)ccc1Br. The summed E-state index contributed by atoms with van der Waals surface area (Å²) in [6, 6.07) is 4.66. The van der Waals surface area contributed by atoms with Gasteiger partial charge in [0.05, 0.1) is 17.3 Å². The molecule has 1 unspecified atom stereocenters. The fourth-order valence-electron chi connectivity index (χ4n) is 4.27. The molecule has 3 aromatic rings. The van der Waals surface area contributed by atoms with Crippen molar-refractivity contribution in [3.63, 3.8) is 0 Å². The summed E-state index contributed by atoms with van der Waals surface area (Å²) < 4.78 is 114. The molecule has 1 aliphatic carbocycles. The Kier molecular flexibility index (Phi) is 7.90. The van der Waals surface area contributed by atoms with Gasteiger partial charge in [-0.25, -0.2) is 31.3 Å². The van der Waals surface area contributed by atoms with Crippen LogP contribution in [0.15, 0.2) is 39.4 Å². The Balaban J connectivity index is 1.70. The molecule has 0 saturated heterocycles. The van der Waals surface area contributed by atoms with Crippen molar-refractivity contribution in [1.82, 2.24) is 20.1 Å². The molecule has 1 N–H and O–H groups in total. The van der Waals surface area contributed by atoms with Crippen LogP contribution in [0.3, 0.4) is 0 Å². The summed E-state index contributed by atoms with van der Waals surface area (Å²) in [5, 5.41) is 5.71. The average Bonchev–Trinajstić information content (AvgIpc) is 3.19. The van der Waals surface area contributed by atoms with Crippen molar-refractivity contribution >= 4 is 37.8 Å². The second kappa shape index (κ2) is 10.5. The zero-order valence-electron chi connectivity index (χ0n) is 18.9. The predicted octanol–water partition coefficient (Wildman–Crippen LogP) is 7.10. The molecule has 5 nitrogen and oxygen atoms in total. The third kappa shape index (κ3) is 5.87. The molecule has 15 heteroatoms. The lowest BCUT2D eigenvalue weighted by Crippen LogP contribution is -2.37. The molecule has 1 aromatic carbocycles. The van der Waals surface area contributed by atoms with E-state index in [4.69, 9.17) is 0 Å². The minimum atomic E-state index is -3.99. The number of amides is 1. The highest BCUT2D eigenvalue weighted by atomic mass is 79.9. The molecule has 0 radical (unpaired) electrons. The number of nitrogens with one attached hydrogen (secondary N) is 1. The van der Waals surface area contributed by atoms with Gasteiger partial charge >= 0.3 is 0 Å². The summed E-state index contributed by atoms with van der Waals surface area (Å²) in [5.74, 6) is -10.8. The van der Waals surface area contributed by atoms with Gasteiger partial charge in [0.2, 0.25) is 5.91 Å². The highest BCUT2D eigenvalue weighted by molar-refractivity contribution is 9.11. The quantitative estimate of drug-likeness (QED) is 0.215. The number of carbonyl (C=O) groups is 1. The summed E-state index contributed by atoms with van der Waals surface area (Å²) in [6.45, 7) is -1.11. The van der Waals surface area contributed by atoms with Crippen molar-refractivity contribution in [2.75, 3.05) is 0 Å². The van der Waals surface area contributed by atoms with Gasteiger partial charge in [-0.1, -0.05) is 0 Å². The van der Waals surface area contributed by atoms with Crippen LogP contribution in [-0.4, -0.2) is 20.7 Å². The lowest BCUT2D eigenvalue weighted by atomic mass is 9.89. The molecular formula is C23H16Br2F8N4O. The molecule has 0 aliphatic heterocycles. The lowest BCUT2D eigenvalue weighted by molar-refractivity contribution is -0.123. The van der Waals surface area contributed by atoms with E-state index in [1.165, 1.54) is 0 Å². The van der Waals surface area contributed by atoms with Crippen LogP contribution in [-0.2, 0) is 29.6 Å². The maximum Gasteiger partial charge on any atom is 0.290 e. The van der Waals surface area contributed by atoms with E-state index in [0.717, 1.165) is 12.1 Å². The third-order valence-corrected chi connectivity index (χ3v) is 6.92. The fraction of sp³-hybridized carbons (Fsp3) is 0.348. The first-order valence-corrected chi connectivity index (χ1v) is 12.5. The van der Waals surface area contributed by atoms with Gasteiger partial charge < -0.3 is 5.32 Å². The van der Waals surface area contributed by atoms with Crippen molar-refractivity contribution in [3.05, 3.63) is 79.3 Å². The van der Waals surface area contributed by atoms with Gasteiger partial charge in [-0.15, -0.1) is 0 Å². The summed E-state index contributed by atoms with van der Waals surface area (Å²) >= 11 is 6.43. The minimum Gasteiger partial charge on any atom is -0.346 e. The summed E-state index contributed by atoms with van der Waals surface area (Å²) in [4.78, 5) is 17.2. The summed E-state index contributed by atoms with van der Waals surface area (Å²) in [7, 11) is 0. The van der Waals surface area contributed by atoms with Gasteiger partial charge in [-0.3, -0.25) is 9.48 Å². The first kappa shape index (κ1) is 28.5. The smallest absolute Gasteiger partial charge is 0.290 e. The van der Waals surface area contributed by atoms with Crippen LogP contribution in [0.1, 0.15) is 53.5 Å². The second-order valence-corrected chi connectivity index (χ2v) is 10.2. The fourth-order valence-corrected chi connectivity index (χ4v) is 5.09. The Bertz CT molecular complexity index is 1360. The molecule has 2 aromatic heterocycles. The van der Waals surface area contributed by atoms with Crippen LogP contribution in [0.4, 0.5) is 35.1 Å². The van der Waals surface area contributed by atoms with Crippen LogP contribution in [0, 0.1) is 11.6 Å². The van der Waals surface area contributed by atoms with Crippen LogP contribution >= 0.6 is 31.9 Å². The summed E-state index contributed by atoms with van der Waals surface area (Å²) in [5.41, 5.74) is -4.29. The Hall–Kier alpha value is -2.55. The number of aromatic nitrogens is 3. The van der Waals surface area contributed by atoms with Gasteiger partial charge in [-0.05, 0) is 68.1 Å². The van der Waals surface area contributed by atoms with Crippen molar-refractivity contribution in [2.45, 2.75) is 50.1 Å². The van der Waals surface area contributed by atoms with E-state index in [1.54, 1.807) is 12.1 Å². The van der Waals surface area contributed by atoms with Gasteiger partial charge in [-0.2, -0.15) is 13.9 Å². The normalized spacial score (nSPS) is 16.8. The zero-order chi connectivity index (χ0) is 28.0. The number of fused-ring (bicyclic) bond motifs is 1. The van der Waals surface area contributed by atoms with E-state index in [1.807, 2.05) is 0 Å². The first-order valence-electron chi connectivity index (χ1n) is 10.9. The van der Waals surface area contributed by atoms with E-state index in [0.29, 0.717) is 15.1 Å². The molecule has 0 fully saturated rings. The number of nitrogens with zero attached hydrogens (tertiary/aromatic N) is 3. The molecule has 1 amide bonds. The van der Waals surface area contributed by atoms with Gasteiger partial charge in [0.25, 0.3) is 18.3 Å². The van der Waals surface area contributed by atoms with Crippen LogP contribution in [0.25, 0.3) is 0 Å². The van der Waals surface area contributed by atoms with E-state index in [9.17, 15) is 39.9 Å². The molecule has 1 aliphatic rings. The number of halogens is 10. The molecular weight excluding hydrogens is 660 g/mol. The molecule has 38 heavy (non-hydrogen) atoms. The number of alkyl halides is 6. The lowest BCUT2D eigenvalue weighted by Gasteiger charge is -2.29. The Morgan fingerprint density at radius 2 is 1.63 bits per heavy atom. The number of benzene rings is 1. The van der Waals surface area contributed by atoms with Crippen molar-refractivity contribution < 1.29 is 39.9 Å². The molecule has 4 rings (SSSR count). The molecule has 0 spiro atoms. The average molecular weight is 676 g/mol.